The van der Waals surface area contributed by atoms with Gasteiger partial charge in [0, 0.05) is 11.6 Å². The minimum absolute atomic E-state index is 0.188. The van der Waals surface area contributed by atoms with E-state index in [1.807, 2.05) is 26.0 Å². The Morgan fingerprint density at radius 3 is 2.50 bits per heavy atom. The minimum Gasteiger partial charge on any atom is -0.466 e. The zero-order valence-corrected chi connectivity index (χ0v) is 9.61. The van der Waals surface area contributed by atoms with Crippen LogP contribution < -0.4 is 0 Å². The van der Waals surface area contributed by atoms with Gasteiger partial charge < -0.3 is 4.74 Å². The molecule has 0 unspecified atom stereocenters. The lowest BCUT2D eigenvalue weighted by atomic mass is 10.0. The Morgan fingerprint density at radius 2 is 1.88 bits per heavy atom. The fraction of sp³-hybridized carbons (Fsp3) is 0.231. The van der Waals surface area contributed by atoms with Crippen molar-refractivity contribution >= 4 is 11.8 Å². The van der Waals surface area contributed by atoms with Gasteiger partial charge in [0.15, 0.2) is 5.78 Å². The molecule has 0 saturated carbocycles. The number of esters is 1. The average molecular weight is 218 g/mol. The zero-order chi connectivity index (χ0) is 12.1. The number of carbonyl (C=O) groups is 2. The summed E-state index contributed by atoms with van der Waals surface area (Å²) in [6, 6.07) is 5.63. The molecule has 0 heterocycles. The van der Waals surface area contributed by atoms with Crippen LogP contribution in [0.15, 0.2) is 30.4 Å². The van der Waals surface area contributed by atoms with Crippen LogP contribution in [0.4, 0.5) is 0 Å². The SMILES string of the molecule is COC(=O)/C=C/C(=O)c1cc(C)ccc1C. The Morgan fingerprint density at radius 1 is 1.19 bits per heavy atom. The molecule has 84 valence electrons. The number of ether oxygens (including phenoxy) is 1. The Balaban J connectivity index is 2.92. The number of carbonyl (C=O) groups excluding carboxylic acids is 2. The topological polar surface area (TPSA) is 43.4 Å². The molecule has 0 aliphatic carbocycles. The number of allylic oxidation sites excluding steroid dienone is 1. The lowest BCUT2D eigenvalue weighted by Crippen LogP contribution is -2.01. The van der Waals surface area contributed by atoms with Gasteiger partial charge in [0.05, 0.1) is 7.11 Å². The fourth-order valence-electron chi connectivity index (χ4n) is 1.30. The van der Waals surface area contributed by atoms with Crippen molar-refractivity contribution in [2.75, 3.05) is 7.11 Å². The summed E-state index contributed by atoms with van der Waals surface area (Å²) in [6.07, 6.45) is 2.36. The van der Waals surface area contributed by atoms with E-state index >= 15 is 0 Å². The standard InChI is InChI=1S/C13H14O3/c1-9-4-5-10(2)11(8-9)12(14)6-7-13(15)16-3/h4-8H,1-3H3/b7-6+. The molecule has 0 bridgehead atoms. The number of methoxy groups -OCH3 is 1. The normalized spacial score (nSPS) is 10.4. The van der Waals surface area contributed by atoms with Crippen LogP contribution in [0.1, 0.15) is 21.5 Å². The van der Waals surface area contributed by atoms with E-state index in [4.69, 9.17) is 0 Å². The molecule has 0 N–H and O–H groups in total. The minimum atomic E-state index is -0.529. The molecular weight excluding hydrogens is 204 g/mol. The highest BCUT2D eigenvalue weighted by Gasteiger charge is 2.06. The van der Waals surface area contributed by atoms with Gasteiger partial charge in [-0.2, -0.15) is 0 Å². The molecule has 0 fully saturated rings. The summed E-state index contributed by atoms with van der Waals surface area (Å²) in [6.45, 7) is 3.78. The molecule has 3 nitrogen and oxygen atoms in total. The van der Waals surface area contributed by atoms with Crippen molar-refractivity contribution in [2.45, 2.75) is 13.8 Å². The first-order valence-electron chi connectivity index (χ1n) is 4.92. The Labute approximate surface area is 94.7 Å². The maximum absolute atomic E-state index is 11.7. The second-order valence-corrected chi connectivity index (χ2v) is 3.54. The van der Waals surface area contributed by atoms with Crippen LogP contribution in [-0.4, -0.2) is 18.9 Å². The lowest BCUT2D eigenvalue weighted by Gasteiger charge is -2.02. The third-order valence-corrected chi connectivity index (χ3v) is 2.23. The van der Waals surface area contributed by atoms with E-state index in [0.29, 0.717) is 5.56 Å². The molecule has 0 radical (unpaired) electrons. The summed E-state index contributed by atoms with van der Waals surface area (Å²) < 4.78 is 4.41. The van der Waals surface area contributed by atoms with Gasteiger partial charge in [-0.25, -0.2) is 4.79 Å². The van der Waals surface area contributed by atoms with Crippen LogP contribution in [0.3, 0.4) is 0 Å². The molecule has 0 spiro atoms. The Kier molecular flexibility index (Phi) is 4.00. The third kappa shape index (κ3) is 3.05. The predicted octanol–water partition coefficient (Wildman–Crippen LogP) is 2.22. The number of hydrogen-bond acceptors (Lipinski definition) is 3. The number of rotatable bonds is 3. The first-order chi connectivity index (χ1) is 7.54. The highest BCUT2D eigenvalue weighted by Crippen LogP contribution is 2.11. The summed E-state index contributed by atoms with van der Waals surface area (Å²) in [7, 11) is 1.27. The molecule has 0 atom stereocenters. The highest BCUT2D eigenvalue weighted by molar-refractivity contribution is 6.07. The van der Waals surface area contributed by atoms with E-state index in [9.17, 15) is 9.59 Å². The van der Waals surface area contributed by atoms with Crippen molar-refractivity contribution < 1.29 is 14.3 Å². The van der Waals surface area contributed by atoms with Gasteiger partial charge in [0.2, 0.25) is 0 Å². The van der Waals surface area contributed by atoms with E-state index in [0.717, 1.165) is 17.2 Å². The Hall–Kier alpha value is -1.90. The van der Waals surface area contributed by atoms with E-state index in [-0.39, 0.29) is 5.78 Å². The second kappa shape index (κ2) is 5.26. The molecule has 0 amide bonds. The molecule has 16 heavy (non-hydrogen) atoms. The monoisotopic (exact) mass is 218 g/mol. The summed E-state index contributed by atoms with van der Waals surface area (Å²) in [5.74, 6) is -0.717. The lowest BCUT2D eigenvalue weighted by molar-refractivity contribution is -0.134. The molecule has 0 aliphatic rings. The van der Waals surface area contributed by atoms with Crippen molar-refractivity contribution in [1.82, 2.24) is 0 Å². The summed E-state index contributed by atoms with van der Waals surface area (Å²) in [5.41, 5.74) is 2.52. The number of aryl methyl sites for hydroxylation is 2. The van der Waals surface area contributed by atoms with E-state index in [1.165, 1.54) is 13.2 Å². The maximum Gasteiger partial charge on any atom is 0.330 e. The quantitative estimate of drug-likeness (QED) is 0.444. The molecular formula is C13H14O3. The van der Waals surface area contributed by atoms with E-state index < -0.39 is 5.97 Å². The van der Waals surface area contributed by atoms with Gasteiger partial charge in [-0.1, -0.05) is 17.7 Å². The van der Waals surface area contributed by atoms with Gasteiger partial charge in [0.1, 0.15) is 0 Å². The average Bonchev–Trinajstić information content (AvgIpc) is 2.28. The van der Waals surface area contributed by atoms with Crippen molar-refractivity contribution in [3.05, 3.63) is 47.0 Å². The van der Waals surface area contributed by atoms with Crippen LogP contribution in [0.25, 0.3) is 0 Å². The van der Waals surface area contributed by atoms with Gasteiger partial charge in [-0.05, 0) is 31.6 Å². The van der Waals surface area contributed by atoms with E-state index in [1.54, 1.807) is 6.07 Å². The smallest absolute Gasteiger partial charge is 0.330 e. The van der Waals surface area contributed by atoms with Gasteiger partial charge in [0.25, 0.3) is 0 Å². The summed E-state index contributed by atoms with van der Waals surface area (Å²) >= 11 is 0. The molecule has 0 saturated heterocycles. The van der Waals surface area contributed by atoms with Gasteiger partial charge >= 0.3 is 5.97 Å². The Bertz CT molecular complexity index is 444. The molecule has 3 heteroatoms. The third-order valence-electron chi connectivity index (χ3n) is 2.23. The summed E-state index contributed by atoms with van der Waals surface area (Å²) in [5, 5.41) is 0. The van der Waals surface area contributed by atoms with E-state index in [2.05, 4.69) is 4.74 Å². The van der Waals surface area contributed by atoms with Crippen LogP contribution in [-0.2, 0) is 9.53 Å². The largest absolute Gasteiger partial charge is 0.466 e. The second-order valence-electron chi connectivity index (χ2n) is 3.54. The first-order valence-corrected chi connectivity index (χ1v) is 4.92. The fourth-order valence-corrected chi connectivity index (χ4v) is 1.30. The van der Waals surface area contributed by atoms with Gasteiger partial charge in [-0.15, -0.1) is 0 Å². The predicted molar refractivity (Wildman–Crippen MR) is 61.4 cm³/mol. The first kappa shape index (κ1) is 12.2. The van der Waals surface area contributed by atoms with Crippen LogP contribution in [0.2, 0.25) is 0 Å². The molecule has 1 aromatic carbocycles. The highest BCUT2D eigenvalue weighted by atomic mass is 16.5. The molecule has 1 aromatic rings. The number of hydrogen-bond donors (Lipinski definition) is 0. The van der Waals surface area contributed by atoms with Crippen LogP contribution in [0.5, 0.6) is 0 Å². The van der Waals surface area contributed by atoms with Crippen LogP contribution >= 0.6 is 0 Å². The van der Waals surface area contributed by atoms with Crippen molar-refractivity contribution in [3.8, 4) is 0 Å². The summed E-state index contributed by atoms with van der Waals surface area (Å²) in [4.78, 5) is 22.6. The number of ketones is 1. The molecule has 1 rings (SSSR count). The molecule has 0 aliphatic heterocycles. The van der Waals surface area contributed by atoms with Gasteiger partial charge in [-0.3, -0.25) is 4.79 Å². The van der Waals surface area contributed by atoms with Crippen LogP contribution in [0, 0.1) is 13.8 Å². The van der Waals surface area contributed by atoms with Crippen molar-refractivity contribution in [3.63, 3.8) is 0 Å². The zero-order valence-electron chi connectivity index (χ0n) is 9.61. The maximum atomic E-state index is 11.7. The molecule has 0 aromatic heterocycles. The van der Waals surface area contributed by atoms with Crippen molar-refractivity contribution in [1.29, 1.82) is 0 Å². The van der Waals surface area contributed by atoms with Crippen molar-refractivity contribution in [2.24, 2.45) is 0 Å². The number of benzene rings is 1.